The fourth-order valence-corrected chi connectivity index (χ4v) is 2.76. The second kappa shape index (κ2) is 3.77. The maximum absolute atomic E-state index is 4.36. The molecule has 0 N–H and O–H groups in total. The Labute approximate surface area is 103 Å². The predicted octanol–water partition coefficient (Wildman–Crippen LogP) is 1.16. The second-order valence-corrected chi connectivity index (χ2v) is 4.79. The summed E-state index contributed by atoms with van der Waals surface area (Å²) in [5.41, 5.74) is 4.13. The Morgan fingerprint density at radius 3 is 2.88 bits per heavy atom. The van der Waals surface area contributed by atoms with Crippen LogP contribution in [0, 0.1) is 0 Å². The molecule has 3 aromatic heterocycles. The van der Waals surface area contributed by atoms with Crippen molar-refractivity contribution >= 4 is 29.9 Å². The topological polar surface area (TPSA) is 43.6 Å². The van der Waals surface area contributed by atoms with Crippen LogP contribution in [0.2, 0.25) is 0 Å². The van der Waals surface area contributed by atoms with Crippen LogP contribution in [0.4, 0.5) is 0 Å². The summed E-state index contributed by atoms with van der Waals surface area (Å²) in [5, 5.41) is 0. The third-order valence-corrected chi connectivity index (χ3v) is 3.93. The van der Waals surface area contributed by atoms with Crippen LogP contribution in [0.3, 0.4) is 0 Å². The summed E-state index contributed by atoms with van der Waals surface area (Å²) >= 11 is 1.00. The minimum atomic E-state index is 0.974. The van der Waals surface area contributed by atoms with Gasteiger partial charge in [-0.2, -0.15) is 0 Å². The van der Waals surface area contributed by atoms with Crippen LogP contribution in [0.25, 0.3) is 22.4 Å². The molecule has 1 radical (unpaired) electrons. The molecule has 0 fully saturated rings. The van der Waals surface area contributed by atoms with Gasteiger partial charge in [0.2, 0.25) is 0 Å². The van der Waals surface area contributed by atoms with Crippen LogP contribution >= 0.6 is 0 Å². The van der Waals surface area contributed by atoms with Crippen molar-refractivity contribution in [3.63, 3.8) is 0 Å². The molecule has 0 amide bonds. The molecule has 4 nitrogen and oxygen atoms in total. The molecule has 0 saturated carbocycles. The molecule has 0 saturated heterocycles. The Morgan fingerprint density at radius 2 is 2.12 bits per heavy atom. The van der Waals surface area contributed by atoms with Gasteiger partial charge < -0.3 is 0 Å². The van der Waals surface area contributed by atoms with Gasteiger partial charge in [0.25, 0.3) is 0 Å². The van der Waals surface area contributed by atoms with Crippen LogP contribution in [-0.2, 0) is 0 Å². The van der Waals surface area contributed by atoms with Crippen molar-refractivity contribution in [3.8, 4) is 11.4 Å². The van der Waals surface area contributed by atoms with E-state index in [1.807, 2.05) is 24.4 Å². The van der Waals surface area contributed by atoms with E-state index in [1.165, 1.54) is 0 Å². The summed E-state index contributed by atoms with van der Waals surface area (Å²) in [6.07, 6.45) is 5.22. The molecule has 0 aliphatic rings. The van der Waals surface area contributed by atoms with Gasteiger partial charge in [-0.3, -0.25) is 0 Å². The number of nitrogens with zero attached hydrogens (tertiary/aromatic N) is 4. The summed E-state index contributed by atoms with van der Waals surface area (Å²) in [6, 6.07) is 7.98. The van der Waals surface area contributed by atoms with Gasteiger partial charge in [-0.25, -0.2) is 0 Å². The molecule has 0 aromatic carbocycles. The fraction of sp³-hybridized carbons (Fsp3) is 0. The van der Waals surface area contributed by atoms with E-state index in [-0.39, 0.29) is 0 Å². The van der Waals surface area contributed by atoms with E-state index in [1.54, 1.807) is 12.5 Å². The molecule has 0 bridgehead atoms. The molecule has 75 valence electrons. The molecule has 16 heavy (non-hydrogen) atoms. The van der Waals surface area contributed by atoms with Gasteiger partial charge in [0.1, 0.15) is 0 Å². The Hall–Kier alpha value is -1.59. The first-order valence-corrected chi connectivity index (χ1v) is 6.23. The van der Waals surface area contributed by atoms with E-state index < -0.39 is 0 Å². The molecular weight excluding hydrogens is 258 g/mol. The Morgan fingerprint density at radius 1 is 1.19 bits per heavy atom. The first kappa shape index (κ1) is 9.62. The first-order valence-electron chi connectivity index (χ1n) is 4.90. The normalized spacial score (nSPS) is 10.8. The Bertz CT molecular complexity index is 633. The number of fused-ring (bicyclic) bond motifs is 1. The average molecular weight is 266 g/mol. The van der Waals surface area contributed by atoms with Crippen molar-refractivity contribution < 1.29 is 0 Å². The average Bonchev–Trinajstić information content (AvgIpc) is 2.69. The molecular formula is C11H8GaN4. The zero-order valence-corrected chi connectivity index (χ0v) is 11.5. The number of hydrogen-bond donors (Lipinski definition) is 0. The number of rotatable bonds is 1. The van der Waals surface area contributed by atoms with Crippen molar-refractivity contribution in [3.05, 3.63) is 43.0 Å². The fourth-order valence-electron chi connectivity index (χ4n) is 1.71. The molecule has 0 aliphatic carbocycles. The molecule has 0 spiro atoms. The molecule has 3 rings (SSSR count). The molecule has 5 heteroatoms. The summed E-state index contributed by atoms with van der Waals surface area (Å²) in [4.78, 5) is 12.7. The van der Waals surface area contributed by atoms with E-state index in [2.05, 4.69) is 24.3 Å². The van der Waals surface area contributed by atoms with Crippen molar-refractivity contribution in [2.24, 2.45) is 0 Å². The van der Waals surface area contributed by atoms with Gasteiger partial charge in [0.15, 0.2) is 0 Å². The van der Waals surface area contributed by atoms with Gasteiger partial charge in [0.05, 0.1) is 0 Å². The van der Waals surface area contributed by atoms with E-state index in [0.717, 1.165) is 41.3 Å². The quantitative estimate of drug-likeness (QED) is 0.620. The third-order valence-electron chi connectivity index (χ3n) is 2.51. The SMILES string of the molecule is [GaH][n]1c(-c2ccccn2)cc2ncncc21. The number of aromatic nitrogens is 4. The van der Waals surface area contributed by atoms with Crippen LogP contribution < -0.4 is 0 Å². The molecule has 0 aliphatic heterocycles. The van der Waals surface area contributed by atoms with Crippen molar-refractivity contribution in [1.29, 1.82) is 0 Å². The van der Waals surface area contributed by atoms with Crippen molar-refractivity contribution in [2.45, 2.75) is 0 Å². The maximum atomic E-state index is 4.36. The standard InChI is InChI=1S/C11H7N4.Ga.H/c1-2-4-13-8(3-1)10-5-9-11(15-10)6-12-7-14-9;;/h1-7H;;/q-1;+1;. The van der Waals surface area contributed by atoms with Crippen molar-refractivity contribution in [1.82, 2.24) is 18.2 Å². The Kier molecular flexibility index (Phi) is 2.26. The monoisotopic (exact) mass is 265 g/mol. The van der Waals surface area contributed by atoms with Gasteiger partial charge in [0, 0.05) is 0 Å². The first-order chi connectivity index (χ1) is 7.86. The van der Waals surface area contributed by atoms with E-state index in [0.29, 0.717) is 0 Å². The zero-order valence-electron chi connectivity index (χ0n) is 8.54. The van der Waals surface area contributed by atoms with Crippen LogP contribution in [0.1, 0.15) is 0 Å². The van der Waals surface area contributed by atoms with E-state index in [4.69, 9.17) is 0 Å². The van der Waals surface area contributed by atoms with Crippen LogP contribution in [0.5, 0.6) is 0 Å². The third kappa shape index (κ3) is 1.45. The van der Waals surface area contributed by atoms with Gasteiger partial charge >= 0.3 is 102 Å². The molecule has 0 atom stereocenters. The van der Waals surface area contributed by atoms with Gasteiger partial charge in [-0.05, 0) is 0 Å². The van der Waals surface area contributed by atoms with E-state index in [9.17, 15) is 0 Å². The van der Waals surface area contributed by atoms with Crippen LogP contribution in [0.15, 0.2) is 43.0 Å². The molecule has 0 unspecified atom stereocenters. The molecule has 3 aromatic rings. The Balaban J connectivity index is 2.29. The van der Waals surface area contributed by atoms with E-state index >= 15 is 0 Å². The summed E-state index contributed by atoms with van der Waals surface area (Å²) in [7, 11) is 0. The van der Waals surface area contributed by atoms with Gasteiger partial charge in [-0.1, -0.05) is 0 Å². The van der Waals surface area contributed by atoms with Crippen molar-refractivity contribution in [2.75, 3.05) is 0 Å². The number of hydrogen-bond acceptors (Lipinski definition) is 3. The number of pyridine rings is 1. The summed E-state index contributed by atoms with van der Waals surface area (Å²) in [5.74, 6) is 0. The van der Waals surface area contributed by atoms with Gasteiger partial charge in [-0.15, -0.1) is 0 Å². The summed E-state index contributed by atoms with van der Waals surface area (Å²) < 4.78 is 2.18. The minimum absolute atomic E-state index is 0.974. The zero-order chi connectivity index (χ0) is 11.0. The summed E-state index contributed by atoms with van der Waals surface area (Å²) in [6.45, 7) is 0. The predicted molar refractivity (Wildman–Crippen MR) is 63.3 cm³/mol. The second-order valence-electron chi connectivity index (χ2n) is 3.47. The van der Waals surface area contributed by atoms with Crippen LogP contribution in [-0.4, -0.2) is 37.1 Å². The molecule has 3 heterocycles.